The number of hydrogen-bond acceptors (Lipinski definition) is 5. The standard InChI is InChI=1S/C11H9F2NO4/c1-16-9-6(5-14)3-4-7(18-11(12)13)8(9)10(15)17-2/h3-4,11H,1-2H3. The smallest absolute Gasteiger partial charge is 0.387 e. The van der Waals surface area contributed by atoms with Crippen molar-refractivity contribution < 1.29 is 27.8 Å². The minimum Gasteiger partial charge on any atom is -0.494 e. The molecule has 0 aliphatic carbocycles. The van der Waals surface area contributed by atoms with Crippen molar-refractivity contribution in [2.24, 2.45) is 0 Å². The second-order valence-electron chi connectivity index (χ2n) is 3.00. The lowest BCUT2D eigenvalue weighted by Crippen LogP contribution is -2.11. The lowest BCUT2D eigenvalue weighted by atomic mass is 10.1. The van der Waals surface area contributed by atoms with Gasteiger partial charge in [0, 0.05) is 0 Å². The minimum atomic E-state index is -3.11. The normalized spacial score (nSPS) is 9.78. The summed E-state index contributed by atoms with van der Waals surface area (Å²) in [5, 5.41) is 8.83. The maximum absolute atomic E-state index is 12.2. The zero-order valence-electron chi connectivity index (χ0n) is 9.57. The van der Waals surface area contributed by atoms with Crippen molar-refractivity contribution in [1.82, 2.24) is 0 Å². The topological polar surface area (TPSA) is 68.5 Å². The first kappa shape index (κ1) is 13.7. The molecule has 96 valence electrons. The molecule has 0 N–H and O–H groups in total. The largest absolute Gasteiger partial charge is 0.494 e. The third-order valence-corrected chi connectivity index (χ3v) is 2.05. The van der Waals surface area contributed by atoms with Crippen molar-refractivity contribution in [3.63, 3.8) is 0 Å². The van der Waals surface area contributed by atoms with Gasteiger partial charge in [-0.25, -0.2) is 4.79 Å². The summed E-state index contributed by atoms with van der Waals surface area (Å²) < 4.78 is 37.9. The zero-order valence-corrected chi connectivity index (χ0v) is 9.57. The van der Waals surface area contributed by atoms with Crippen molar-refractivity contribution in [1.29, 1.82) is 5.26 Å². The number of benzene rings is 1. The molecule has 0 spiro atoms. The number of hydrogen-bond donors (Lipinski definition) is 0. The van der Waals surface area contributed by atoms with E-state index < -0.39 is 18.3 Å². The molecule has 0 aliphatic heterocycles. The van der Waals surface area contributed by atoms with E-state index in [9.17, 15) is 13.6 Å². The summed E-state index contributed by atoms with van der Waals surface area (Å²) in [6, 6.07) is 4.06. The summed E-state index contributed by atoms with van der Waals surface area (Å²) in [4.78, 5) is 11.5. The first-order chi connectivity index (χ1) is 8.54. The zero-order chi connectivity index (χ0) is 13.7. The number of nitriles is 1. The highest BCUT2D eigenvalue weighted by atomic mass is 19.3. The summed E-state index contributed by atoms with van der Waals surface area (Å²) in [6.07, 6.45) is 0. The van der Waals surface area contributed by atoms with Gasteiger partial charge < -0.3 is 14.2 Å². The molecule has 0 aliphatic rings. The summed E-state index contributed by atoms with van der Waals surface area (Å²) in [6.45, 7) is -3.11. The molecule has 0 aromatic heterocycles. The molecule has 0 unspecified atom stereocenters. The van der Waals surface area contributed by atoms with Crippen molar-refractivity contribution in [3.05, 3.63) is 23.3 Å². The fourth-order valence-electron chi connectivity index (χ4n) is 1.35. The average molecular weight is 257 g/mol. The molecule has 0 heterocycles. The molecule has 0 saturated carbocycles. The third kappa shape index (κ3) is 2.66. The SMILES string of the molecule is COC(=O)c1c(OC(F)F)ccc(C#N)c1OC. The highest BCUT2D eigenvalue weighted by Crippen LogP contribution is 2.33. The first-order valence-electron chi connectivity index (χ1n) is 4.69. The van der Waals surface area contributed by atoms with Crippen LogP contribution in [0.1, 0.15) is 15.9 Å². The van der Waals surface area contributed by atoms with Crippen LogP contribution in [0.5, 0.6) is 11.5 Å². The molecule has 0 fully saturated rings. The quantitative estimate of drug-likeness (QED) is 0.771. The predicted octanol–water partition coefficient (Wildman–Crippen LogP) is 1.95. The maximum Gasteiger partial charge on any atom is 0.387 e. The van der Waals surface area contributed by atoms with Crippen molar-refractivity contribution in [3.8, 4) is 17.6 Å². The van der Waals surface area contributed by atoms with Gasteiger partial charge in [0.25, 0.3) is 0 Å². The molecule has 18 heavy (non-hydrogen) atoms. The second kappa shape index (κ2) is 5.82. The Morgan fingerprint density at radius 2 is 2.06 bits per heavy atom. The lowest BCUT2D eigenvalue weighted by molar-refractivity contribution is -0.0505. The Balaban J connectivity index is 3.45. The Hall–Kier alpha value is -2.36. The monoisotopic (exact) mass is 257 g/mol. The van der Waals surface area contributed by atoms with E-state index in [2.05, 4.69) is 9.47 Å². The van der Waals surface area contributed by atoms with Gasteiger partial charge in [-0.3, -0.25) is 0 Å². The van der Waals surface area contributed by atoms with Crippen LogP contribution >= 0.6 is 0 Å². The number of alkyl halides is 2. The van der Waals surface area contributed by atoms with Crippen LogP contribution in [-0.2, 0) is 4.74 Å². The van der Waals surface area contributed by atoms with E-state index >= 15 is 0 Å². The molecule has 7 heteroatoms. The van der Waals surface area contributed by atoms with Gasteiger partial charge in [0.1, 0.15) is 17.4 Å². The van der Waals surface area contributed by atoms with Gasteiger partial charge in [0.2, 0.25) is 0 Å². The number of esters is 1. The van der Waals surface area contributed by atoms with E-state index in [0.29, 0.717) is 0 Å². The second-order valence-corrected chi connectivity index (χ2v) is 3.00. The molecule has 0 saturated heterocycles. The van der Waals surface area contributed by atoms with Gasteiger partial charge in [-0.1, -0.05) is 0 Å². The molecule has 0 bridgehead atoms. The molecule has 1 aromatic rings. The Morgan fingerprint density at radius 3 is 2.50 bits per heavy atom. The first-order valence-corrected chi connectivity index (χ1v) is 4.69. The van der Waals surface area contributed by atoms with Gasteiger partial charge in [-0.2, -0.15) is 14.0 Å². The number of carbonyl (C=O) groups is 1. The van der Waals surface area contributed by atoms with Crippen LogP contribution in [0.3, 0.4) is 0 Å². The average Bonchev–Trinajstić information content (AvgIpc) is 2.36. The van der Waals surface area contributed by atoms with E-state index in [1.165, 1.54) is 13.2 Å². The predicted molar refractivity (Wildman–Crippen MR) is 55.7 cm³/mol. The summed E-state index contributed by atoms with van der Waals surface area (Å²) in [5.74, 6) is -1.50. The number of halogens is 2. The molecule has 1 rings (SSSR count). The Kier molecular flexibility index (Phi) is 4.43. The van der Waals surface area contributed by atoms with Gasteiger partial charge in [0.15, 0.2) is 5.75 Å². The van der Waals surface area contributed by atoms with Crippen LogP contribution in [0, 0.1) is 11.3 Å². The summed E-state index contributed by atoms with van der Waals surface area (Å²) >= 11 is 0. The van der Waals surface area contributed by atoms with Crippen LogP contribution in [0.25, 0.3) is 0 Å². The lowest BCUT2D eigenvalue weighted by Gasteiger charge is -2.13. The number of carbonyl (C=O) groups excluding carboxylic acids is 1. The van der Waals surface area contributed by atoms with Crippen LogP contribution in [0.2, 0.25) is 0 Å². The third-order valence-electron chi connectivity index (χ3n) is 2.05. The van der Waals surface area contributed by atoms with Crippen LogP contribution in [0.4, 0.5) is 8.78 Å². The van der Waals surface area contributed by atoms with E-state index in [0.717, 1.165) is 13.2 Å². The van der Waals surface area contributed by atoms with E-state index in [1.807, 2.05) is 0 Å². The van der Waals surface area contributed by atoms with E-state index in [1.54, 1.807) is 6.07 Å². The Labute approximate surface area is 101 Å². The number of rotatable bonds is 4. The fraction of sp³-hybridized carbons (Fsp3) is 0.273. The highest BCUT2D eigenvalue weighted by Gasteiger charge is 2.24. The number of ether oxygens (including phenoxy) is 3. The number of methoxy groups -OCH3 is 2. The molecular weight excluding hydrogens is 248 g/mol. The summed E-state index contributed by atoms with van der Waals surface area (Å²) in [7, 11) is 2.28. The molecule has 5 nitrogen and oxygen atoms in total. The number of nitrogens with zero attached hydrogens (tertiary/aromatic N) is 1. The van der Waals surface area contributed by atoms with E-state index in [4.69, 9.17) is 10.00 Å². The fourth-order valence-corrected chi connectivity index (χ4v) is 1.35. The molecule has 0 radical (unpaired) electrons. The summed E-state index contributed by atoms with van der Waals surface area (Å²) in [5.41, 5.74) is -0.334. The van der Waals surface area contributed by atoms with Crippen molar-refractivity contribution in [2.45, 2.75) is 6.61 Å². The molecule has 1 aromatic carbocycles. The Bertz CT molecular complexity index is 497. The van der Waals surface area contributed by atoms with Crippen LogP contribution < -0.4 is 9.47 Å². The van der Waals surface area contributed by atoms with Crippen molar-refractivity contribution in [2.75, 3.05) is 14.2 Å². The van der Waals surface area contributed by atoms with Gasteiger partial charge >= 0.3 is 12.6 Å². The van der Waals surface area contributed by atoms with Crippen LogP contribution in [0.15, 0.2) is 12.1 Å². The molecular formula is C11H9F2NO4. The van der Waals surface area contributed by atoms with Crippen molar-refractivity contribution >= 4 is 5.97 Å². The van der Waals surface area contributed by atoms with Gasteiger partial charge in [-0.15, -0.1) is 0 Å². The highest BCUT2D eigenvalue weighted by molar-refractivity contribution is 5.96. The van der Waals surface area contributed by atoms with Gasteiger partial charge in [0.05, 0.1) is 19.8 Å². The minimum absolute atomic E-state index is 0.0134. The maximum atomic E-state index is 12.2. The van der Waals surface area contributed by atoms with E-state index in [-0.39, 0.29) is 16.9 Å². The molecule has 0 atom stereocenters. The Morgan fingerprint density at radius 1 is 1.39 bits per heavy atom. The van der Waals surface area contributed by atoms with Gasteiger partial charge in [-0.05, 0) is 12.1 Å². The molecule has 0 amide bonds. The van der Waals surface area contributed by atoms with Crippen LogP contribution in [-0.4, -0.2) is 26.8 Å².